The van der Waals surface area contributed by atoms with Gasteiger partial charge in [-0.05, 0) is 44.5 Å². The Bertz CT molecular complexity index is 1060. The summed E-state index contributed by atoms with van der Waals surface area (Å²) < 4.78 is 81.2. The minimum atomic E-state index is -4.61. The lowest BCUT2D eigenvalue weighted by atomic mass is 9.91. The molecule has 0 radical (unpaired) electrons. The van der Waals surface area contributed by atoms with Gasteiger partial charge in [-0.25, -0.2) is 0 Å². The van der Waals surface area contributed by atoms with Gasteiger partial charge in [-0.3, -0.25) is 0 Å². The lowest BCUT2D eigenvalue weighted by molar-refractivity contribution is -0.137. The van der Waals surface area contributed by atoms with Gasteiger partial charge in [0, 0.05) is 0 Å². The Morgan fingerprint density at radius 3 is 1.04 bits per heavy atom. The van der Waals surface area contributed by atoms with Gasteiger partial charge in [0.15, 0.2) is 0 Å². The Morgan fingerprint density at radius 1 is 0.423 bits per heavy atom. The molecule has 0 aliphatic heterocycles. The van der Waals surface area contributed by atoms with E-state index in [2.05, 4.69) is 0 Å². The van der Waals surface area contributed by atoms with E-state index in [4.69, 9.17) is 0 Å². The largest absolute Gasteiger partial charge is 0.417 e. The number of rotatable bonds is 0. The topological polar surface area (TPSA) is 0 Å². The van der Waals surface area contributed by atoms with Crippen molar-refractivity contribution in [1.29, 1.82) is 0 Å². The first-order valence-electron chi connectivity index (χ1n) is 7.69. The van der Waals surface area contributed by atoms with Gasteiger partial charge in [0.25, 0.3) is 0 Å². The van der Waals surface area contributed by atoms with Crippen molar-refractivity contribution in [2.75, 3.05) is 0 Å². The van der Waals surface area contributed by atoms with Crippen molar-refractivity contribution < 1.29 is 26.3 Å². The van der Waals surface area contributed by atoms with Crippen molar-refractivity contribution in [3.05, 3.63) is 71.8 Å². The zero-order valence-corrected chi connectivity index (χ0v) is 13.0. The minimum absolute atomic E-state index is 0.115. The minimum Gasteiger partial charge on any atom is -0.166 e. The van der Waals surface area contributed by atoms with Crippen LogP contribution in [0, 0.1) is 0 Å². The summed E-state index contributed by atoms with van der Waals surface area (Å²) in [6.45, 7) is 0. The number of hydrogen-bond acceptors (Lipinski definition) is 0. The summed E-state index contributed by atoms with van der Waals surface area (Å²) in [4.78, 5) is 0. The van der Waals surface area contributed by atoms with Gasteiger partial charge in [0.1, 0.15) is 0 Å². The van der Waals surface area contributed by atoms with E-state index in [0.29, 0.717) is 0 Å². The standard InChI is InChI=1S/C20H10F6/c21-19(22,23)17-10-16-12-6-2-4-8-14(12)18(20(24,25)26)9-15(16)11-5-1-3-7-13(11)17/h1-10H. The Hall–Kier alpha value is -2.76. The average molecular weight is 364 g/mol. The van der Waals surface area contributed by atoms with Gasteiger partial charge in [0.2, 0.25) is 0 Å². The molecule has 0 aliphatic rings. The quantitative estimate of drug-likeness (QED) is 0.229. The Kier molecular flexibility index (Phi) is 3.45. The summed E-state index contributed by atoms with van der Waals surface area (Å²) in [6.07, 6.45) is -9.23. The van der Waals surface area contributed by atoms with Crippen LogP contribution in [0.3, 0.4) is 0 Å². The molecule has 0 aromatic heterocycles. The molecule has 0 spiro atoms. The van der Waals surface area contributed by atoms with Crippen molar-refractivity contribution >= 4 is 32.3 Å². The molecule has 0 atom stereocenters. The predicted molar refractivity (Wildman–Crippen MR) is 89.0 cm³/mol. The summed E-state index contributed by atoms with van der Waals surface area (Å²) in [5.74, 6) is 0. The first-order valence-corrected chi connectivity index (χ1v) is 7.69. The van der Waals surface area contributed by atoms with E-state index in [1.54, 1.807) is 0 Å². The monoisotopic (exact) mass is 364 g/mol. The maximum Gasteiger partial charge on any atom is 0.417 e. The first kappa shape index (κ1) is 16.7. The molecule has 132 valence electrons. The third-order valence-corrected chi connectivity index (χ3v) is 4.49. The molecule has 0 nitrogen and oxygen atoms in total. The second kappa shape index (κ2) is 5.37. The molecule has 0 heterocycles. The SMILES string of the molecule is FC(F)(F)c1cc2c3ccccc3c(C(F)(F)F)cc2c2ccccc12. The van der Waals surface area contributed by atoms with Crippen molar-refractivity contribution in [1.82, 2.24) is 0 Å². The molecular weight excluding hydrogens is 354 g/mol. The highest BCUT2D eigenvalue weighted by atomic mass is 19.4. The Balaban J connectivity index is 2.31. The zero-order chi connectivity index (χ0) is 18.7. The van der Waals surface area contributed by atoms with E-state index in [1.807, 2.05) is 0 Å². The molecule has 4 rings (SSSR count). The molecule has 0 amide bonds. The van der Waals surface area contributed by atoms with Gasteiger partial charge in [-0.15, -0.1) is 0 Å². The highest BCUT2D eigenvalue weighted by Crippen LogP contribution is 2.44. The highest BCUT2D eigenvalue weighted by Gasteiger charge is 2.36. The summed E-state index contributed by atoms with van der Waals surface area (Å²) in [7, 11) is 0. The van der Waals surface area contributed by atoms with E-state index in [1.165, 1.54) is 48.5 Å². The molecule has 0 aliphatic carbocycles. The molecule has 0 fully saturated rings. The number of alkyl halides is 6. The Morgan fingerprint density at radius 2 is 0.731 bits per heavy atom. The third-order valence-electron chi connectivity index (χ3n) is 4.49. The van der Waals surface area contributed by atoms with Gasteiger partial charge >= 0.3 is 12.4 Å². The van der Waals surface area contributed by atoms with Gasteiger partial charge in [-0.1, -0.05) is 48.5 Å². The van der Waals surface area contributed by atoms with Gasteiger partial charge < -0.3 is 0 Å². The number of halogens is 6. The lowest BCUT2D eigenvalue weighted by Gasteiger charge is -2.17. The molecule has 4 aromatic rings. The van der Waals surface area contributed by atoms with Crippen LogP contribution in [0.1, 0.15) is 11.1 Å². The fourth-order valence-corrected chi connectivity index (χ4v) is 3.42. The van der Waals surface area contributed by atoms with Gasteiger partial charge in [0.05, 0.1) is 11.1 Å². The molecule has 0 saturated heterocycles. The highest BCUT2D eigenvalue weighted by molar-refractivity contribution is 6.19. The van der Waals surface area contributed by atoms with E-state index in [-0.39, 0.29) is 32.3 Å². The first-order chi connectivity index (χ1) is 12.2. The van der Waals surface area contributed by atoms with Crippen LogP contribution in [0.4, 0.5) is 26.3 Å². The van der Waals surface area contributed by atoms with Crippen LogP contribution in [0.15, 0.2) is 60.7 Å². The molecular formula is C20H10F6. The summed E-state index contributed by atoms with van der Waals surface area (Å²) in [5.41, 5.74) is -1.71. The fourth-order valence-electron chi connectivity index (χ4n) is 3.42. The predicted octanol–water partition coefficient (Wildman–Crippen LogP) is 7.18. The lowest BCUT2D eigenvalue weighted by Crippen LogP contribution is -2.08. The number of hydrogen-bond donors (Lipinski definition) is 0. The molecule has 0 bridgehead atoms. The van der Waals surface area contributed by atoms with Crippen molar-refractivity contribution in [3.8, 4) is 0 Å². The number of fused-ring (bicyclic) bond motifs is 5. The summed E-state index contributed by atoms with van der Waals surface area (Å²) >= 11 is 0. The number of benzene rings is 4. The molecule has 0 unspecified atom stereocenters. The van der Waals surface area contributed by atoms with Crippen LogP contribution < -0.4 is 0 Å². The maximum atomic E-state index is 13.5. The van der Waals surface area contributed by atoms with Crippen molar-refractivity contribution in [3.63, 3.8) is 0 Å². The van der Waals surface area contributed by atoms with Gasteiger partial charge in [-0.2, -0.15) is 26.3 Å². The maximum absolute atomic E-state index is 13.5. The Labute approximate surface area is 143 Å². The van der Waals surface area contributed by atoms with E-state index in [9.17, 15) is 26.3 Å². The average Bonchev–Trinajstić information content (AvgIpc) is 2.58. The molecule has 4 aromatic carbocycles. The second-order valence-electron chi connectivity index (χ2n) is 6.03. The fraction of sp³-hybridized carbons (Fsp3) is 0.100. The van der Waals surface area contributed by atoms with Crippen LogP contribution in [0.25, 0.3) is 32.3 Å². The summed E-state index contributed by atoms with van der Waals surface area (Å²) in [5, 5.41) is 0.369. The second-order valence-corrected chi connectivity index (χ2v) is 6.03. The molecule has 0 saturated carbocycles. The summed E-state index contributed by atoms with van der Waals surface area (Å²) in [6, 6.07) is 13.2. The van der Waals surface area contributed by atoms with Crippen molar-refractivity contribution in [2.45, 2.75) is 12.4 Å². The van der Waals surface area contributed by atoms with E-state index in [0.717, 1.165) is 12.1 Å². The van der Waals surface area contributed by atoms with E-state index < -0.39 is 23.5 Å². The van der Waals surface area contributed by atoms with Crippen LogP contribution >= 0.6 is 0 Å². The van der Waals surface area contributed by atoms with Crippen LogP contribution in [0.2, 0.25) is 0 Å². The van der Waals surface area contributed by atoms with Crippen LogP contribution in [0.5, 0.6) is 0 Å². The van der Waals surface area contributed by atoms with Crippen LogP contribution in [-0.2, 0) is 12.4 Å². The zero-order valence-electron chi connectivity index (χ0n) is 13.0. The smallest absolute Gasteiger partial charge is 0.166 e. The molecule has 26 heavy (non-hydrogen) atoms. The van der Waals surface area contributed by atoms with Crippen molar-refractivity contribution in [2.24, 2.45) is 0 Å². The molecule has 6 heteroatoms. The third kappa shape index (κ3) is 2.48. The normalized spacial score (nSPS) is 13.0. The van der Waals surface area contributed by atoms with Crippen LogP contribution in [-0.4, -0.2) is 0 Å². The molecule has 0 N–H and O–H groups in total. The van der Waals surface area contributed by atoms with E-state index >= 15 is 0 Å².